The average molecular weight is 669 g/mol. The number of alkyl halides is 3. The molecule has 224 valence electrons. The van der Waals surface area contributed by atoms with Gasteiger partial charge in [0.2, 0.25) is 0 Å². The third-order valence-electron chi connectivity index (χ3n) is 5.24. The first-order chi connectivity index (χ1) is 19.7. The number of methoxy groups -OCH3 is 1. The molecule has 1 aliphatic rings. The first-order valence-electron chi connectivity index (χ1n) is 11.3. The number of halogens is 6. The standard InChI is InChI=1S/C22H18Cl3N5O4S.C2HF3O2/c1-33-15-7-13(24)6-14(20(31)28-16-3-2-12(23)8-27-16)18(15)29-21(32)19-17(25)11(10-35-19)9-30-4-5-34-22(30)26;3-2(4,5)1(6)7/h2-3,6-8,10,26H,4-5,9H2,1H3,(H,29,32)(H,27,28,31);(H,6,7). The number of aliphatic carboxylic acids is 1. The van der Waals surface area contributed by atoms with Crippen molar-refractivity contribution < 1.29 is 42.1 Å². The highest BCUT2D eigenvalue weighted by Crippen LogP contribution is 2.35. The number of carbonyl (C=O) groups is 3. The van der Waals surface area contributed by atoms with Crippen LogP contribution in [0.25, 0.3) is 0 Å². The molecule has 0 radical (unpaired) electrons. The average Bonchev–Trinajstić information content (AvgIpc) is 3.50. The van der Waals surface area contributed by atoms with Crippen LogP contribution >= 0.6 is 46.1 Å². The highest BCUT2D eigenvalue weighted by molar-refractivity contribution is 7.13. The Balaban J connectivity index is 0.000000616. The predicted molar refractivity (Wildman–Crippen MR) is 150 cm³/mol. The second kappa shape index (κ2) is 13.9. The van der Waals surface area contributed by atoms with E-state index in [9.17, 15) is 22.8 Å². The zero-order valence-corrected chi connectivity index (χ0v) is 24.2. The van der Waals surface area contributed by atoms with Crippen LogP contribution in [0.3, 0.4) is 0 Å². The van der Waals surface area contributed by atoms with Crippen LogP contribution in [0.4, 0.5) is 24.7 Å². The minimum Gasteiger partial charge on any atom is -0.494 e. The Morgan fingerprint density at radius 3 is 2.40 bits per heavy atom. The molecule has 2 amide bonds. The van der Waals surface area contributed by atoms with Crippen LogP contribution in [0.2, 0.25) is 15.1 Å². The quantitative estimate of drug-likeness (QED) is 0.239. The Kier molecular flexibility index (Phi) is 10.8. The molecular formula is C24H19Cl3F3N5O6S. The number of amides is 2. The van der Waals surface area contributed by atoms with E-state index in [4.69, 9.17) is 59.6 Å². The summed E-state index contributed by atoms with van der Waals surface area (Å²) in [6.45, 7) is 1.34. The molecule has 0 atom stereocenters. The number of benzene rings is 1. The second-order valence-electron chi connectivity index (χ2n) is 8.08. The third kappa shape index (κ3) is 8.38. The molecule has 0 spiro atoms. The maximum atomic E-state index is 13.2. The van der Waals surface area contributed by atoms with Crippen LogP contribution in [0.15, 0.2) is 35.8 Å². The second-order valence-corrected chi connectivity index (χ2v) is 10.2. The zero-order chi connectivity index (χ0) is 31.2. The Morgan fingerprint density at radius 1 is 1.17 bits per heavy atom. The Bertz CT molecular complexity index is 1500. The summed E-state index contributed by atoms with van der Waals surface area (Å²) >= 11 is 19.7. The number of thiophene rings is 1. The number of aromatic nitrogens is 1. The first-order valence-corrected chi connectivity index (χ1v) is 13.4. The van der Waals surface area contributed by atoms with Crippen LogP contribution < -0.4 is 15.4 Å². The van der Waals surface area contributed by atoms with Gasteiger partial charge in [0.25, 0.3) is 17.8 Å². The van der Waals surface area contributed by atoms with E-state index < -0.39 is 24.0 Å². The molecule has 4 rings (SSSR count). The van der Waals surface area contributed by atoms with E-state index >= 15 is 0 Å². The molecular weight excluding hydrogens is 650 g/mol. The Labute approximate surface area is 254 Å². The molecule has 18 heteroatoms. The van der Waals surface area contributed by atoms with E-state index in [2.05, 4.69) is 15.6 Å². The smallest absolute Gasteiger partial charge is 0.490 e. The lowest BCUT2D eigenvalue weighted by atomic mass is 10.1. The van der Waals surface area contributed by atoms with Gasteiger partial charge in [0, 0.05) is 29.4 Å². The summed E-state index contributed by atoms with van der Waals surface area (Å²) in [5.41, 5.74) is 0.871. The molecule has 2 aromatic heterocycles. The first kappa shape index (κ1) is 32.7. The number of nitrogens with zero attached hydrogens (tertiary/aromatic N) is 2. The minimum absolute atomic E-state index is 0.0648. The molecule has 1 aromatic carbocycles. The molecule has 0 bridgehead atoms. The Hall–Kier alpha value is -3.79. The number of ether oxygens (including phenoxy) is 2. The molecule has 0 saturated carbocycles. The van der Waals surface area contributed by atoms with Crippen molar-refractivity contribution in [1.29, 1.82) is 5.41 Å². The largest absolute Gasteiger partial charge is 0.494 e. The summed E-state index contributed by atoms with van der Waals surface area (Å²) in [6.07, 6.45) is -3.69. The maximum absolute atomic E-state index is 13.2. The van der Waals surface area contributed by atoms with E-state index in [1.165, 1.54) is 25.4 Å². The van der Waals surface area contributed by atoms with Crippen LogP contribution in [0.5, 0.6) is 5.75 Å². The van der Waals surface area contributed by atoms with E-state index in [1.54, 1.807) is 22.4 Å². The zero-order valence-electron chi connectivity index (χ0n) is 21.1. The number of amidine groups is 1. The van der Waals surface area contributed by atoms with Crippen molar-refractivity contribution >= 4 is 81.5 Å². The number of hydrogen-bond donors (Lipinski definition) is 4. The highest BCUT2D eigenvalue weighted by atomic mass is 35.5. The van der Waals surface area contributed by atoms with Gasteiger partial charge in [0.15, 0.2) is 0 Å². The molecule has 0 aliphatic carbocycles. The lowest BCUT2D eigenvalue weighted by molar-refractivity contribution is -0.192. The van der Waals surface area contributed by atoms with Crippen molar-refractivity contribution in [2.24, 2.45) is 0 Å². The van der Waals surface area contributed by atoms with Crippen molar-refractivity contribution in [1.82, 2.24) is 9.88 Å². The normalized spacial score (nSPS) is 12.6. The highest BCUT2D eigenvalue weighted by Gasteiger charge is 2.38. The van der Waals surface area contributed by atoms with Gasteiger partial charge in [-0.1, -0.05) is 34.8 Å². The Morgan fingerprint density at radius 2 is 1.86 bits per heavy atom. The summed E-state index contributed by atoms with van der Waals surface area (Å²) < 4.78 is 42.3. The predicted octanol–water partition coefficient (Wildman–Crippen LogP) is 6.02. The summed E-state index contributed by atoms with van der Waals surface area (Å²) in [5, 5.41) is 23.0. The van der Waals surface area contributed by atoms with Gasteiger partial charge in [0.05, 0.1) is 35.0 Å². The van der Waals surface area contributed by atoms with E-state index in [1.807, 2.05) is 0 Å². The summed E-state index contributed by atoms with van der Waals surface area (Å²) in [5.74, 6) is -3.40. The van der Waals surface area contributed by atoms with Crippen molar-refractivity contribution in [3.05, 3.63) is 66.9 Å². The molecule has 3 heterocycles. The summed E-state index contributed by atoms with van der Waals surface area (Å²) in [6, 6.07) is 6.07. The molecule has 1 fully saturated rings. The number of carboxylic acids is 1. The number of hydrogen-bond acceptors (Lipinski definition) is 8. The van der Waals surface area contributed by atoms with Crippen LogP contribution in [0.1, 0.15) is 25.6 Å². The minimum atomic E-state index is -5.08. The van der Waals surface area contributed by atoms with E-state index in [-0.39, 0.29) is 43.8 Å². The van der Waals surface area contributed by atoms with Gasteiger partial charge in [-0.15, -0.1) is 11.3 Å². The molecule has 0 unspecified atom stereocenters. The number of anilines is 2. The third-order valence-corrected chi connectivity index (χ3v) is 7.25. The van der Waals surface area contributed by atoms with Crippen LogP contribution in [-0.4, -0.2) is 65.2 Å². The van der Waals surface area contributed by atoms with Gasteiger partial charge < -0.3 is 30.1 Å². The van der Waals surface area contributed by atoms with Crippen molar-refractivity contribution in [2.45, 2.75) is 12.7 Å². The fraction of sp³-hybridized carbons (Fsp3) is 0.208. The van der Waals surface area contributed by atoms with Gasteiger partial charge in [-0.2, -0.15) is 13.2 Å². The van der Waals surface area contributed by atoms with Gasteiger partial charge in [-0.3, -0.25) is 15.0 Å². The number of pyridine rings is 1. The van der Waals surface area contributed by atoms with Gasteiger partial charge in [-0.25, -0.2) is 9.78 Å². The van der Waals surface area contributed by atoms with Crippen molar-refractivity contribution in [2.75, 3.05) is 30.9 Å². The molecule has 1 aliphatic heterocycles. The molecule has 3 aromatic rings. The number of carboxylic acid groups (broad SMARTS) is 1. The summed E-state index contributed by atoms with van der Waals surface area (Å²) in [4.78, 5) is 41.1. The number of rotatable bonds is 7. The SMILES string of the molecule is COc1cc(Cl)cc(C(=O)Nc2ccc(Cl)cn2)c1NC(=O)c1scc(CN2CCOC2=N)c1Cl.O=C(O)C(F)(F)F. The van der Waals surface area contributed by atoms with Crippen molar-refractivity contribution in [3.63, 3.8) is 0 Å². The number of carbonyl (C=O) groups excluding carboxylic acids is 2. The maximum Gasteiger partial charge on any atom is 0.490 e. The van der Waals surface area contributed by atoms with Gasteiger partial charge in [0.1, 0.15) is 23.1 Å². The van der Waals surface area contributed by atoms with Crippen molar-refractivity contribution in [3.8, 4) is 5.75 Å². The van der Waals surface area contributed by atoms with E-state index in [0.717, 1.165) is 11.3 Å². The van der Waals surface area contributed by atoms with Crippen LogP contribution in [0, 0.1) is 5.41 Å². The molecule has 4 N–H and O–H groups in total. The lowest BCUT2D eigenvalue weighted by Crippen LogP contribution is -2.24. The fourth-order valence-electron chi connectivity index (χ4n) is 3.30. The van der Waals surface area contributed by atoms with Gasteiger partial charge in [-0.05, 0) is 23.6 Å². The summed E-state index contributed by atoms with van der Waals surface area (Å²) in [7, 11) is 1.40. The molecule has 11 nitrogen and oxygen atoms in total. The van der Waals surface area contributed by atoms with Crippen LogP contribution in [-0.2, 0) is 16.1 Å². The van der Waals surface area contributed by atoms with Gasteiger partial charge >= 0.3 is 12.1 Å². The fourth-order valence-corrected chi connectivity index (χ4v) is 4.86. The lowest BCUT2D eigenvalue weighted by Gasteiger charge is -2.16. The topological polar surface area (TPSA) is 154 Å². The monoisotopic (exact) mass is 667 g/mol. The molecule has 1 saturated heterocycles. The molecule has 42 heavy (non-hydrogen) atoms. The number of nitrogens with one attached hydrogen (secondary N) is 3. The van der Waals surface area contributed by atoms with E-state index in [0.29, 0.717) is 30.3 Å².